The van der Waals surface area contributed by atoms with Gasteiger partial charge >= 0.3 is 0 Å². The predicted octanol–water partition coefficient (Wildman–Crippen LogP) is 7.07. The van der Waals surface area contributed by atoms with Crippen LogP contribution in [0.25, 0.3) is 0 Å². The van der Waals surface area contributed by atoms with Crippen LogP contribution < -0.4 is 0 Å². The van der Waals surface area contributed by atoms with Gasteiger partial charge in [0.25, 0.3) is 0 Å². The minimum Gasteiger partial charge on any atom is -0.289 e. The molecular weight excluding hydrogens is 290 g/mol. The first-order valence-electron chi connectivity index (χ1n) is 9.69. The third kappa shape index (κ3) is 5.78. The average Bonchev–Trinajstić information content (AvgIpc) is 2.62. The van der Waals surface area contributed by atoms with E-state index in [0.29, 0.717) is 0 Å². The molecule has 1 aromatic carbocycles. The third-order valence-electron chi connectivity index (χ3n) is 5.16. The molecule has 0 amide bonds. The second kappa shape index (κ2) is 10.3. The minimum atomic E-state index is 0.225. The van der Waals surface area contributed by atoms with Gasteiger partial charge in [0, 0.05) is 11.6 Å². The van der Waals surface area contributed by atoms with E-state index in [9.17, 15) is 0 Å². The summed E-state index contributed by atoms with van der Waals surface area (Å²) >= 11 is 0. The molecule has 1 heterocycles. The van der Waals surface area contributed by atoms with Gasteiger partial charge in [0.15, 0.2) is 0 Å². The van der Waals surface area contributed by atoms with Gasteiger partial charge in [-0.25, -0.2) is 0 Å². The molecule has 1 heteroatoms. The first-order chi connectivity index (χ1) is 11.8. The largest absolute Gasteiger partial charge is 0.289 e. The smallest absolute Gasteiger partial charge is 0.0779 e. The van der Waals surface area contributed by atoms with E-state index < -0.39 is 0 Å². The summed E-state index contributed by atoms with van der Waals surface area (Å²) in [7, 11) is 0. The number of benzene rings is 1. The monoisotopic (exact) mass is 323 g/mol. The highest BCUT2D eigenvalue weighted by atomic mass is 14.8. The Kier molecular flexibility index (Phi) is 8.01. The normalized spacial score (nSPS) is 27.8. The lowest BCUT2D eigenvalue weighted by molar-refractivity contribution is 0.369. The van der Waals surface area contributed by atoms with Gasteiger partial charge in [-0.2, -0.15) is 0 Å². The molecule has 0 spiro atoms. The maximum atomic E-state index is 5.09. The summed E-state index contributed by atoms with van der Waals surface area (Å²) in [6, 6.07) is 11.0. The Labute approximate surface area is 148 Å². The molecule has 0 radical (unpaired) electrons. The van der Waals surface area contributed by atoms with Gasteiger partial charge < -0.3 is 0 Å². The Bertz CT molecular complexity index is 540. The van der Waals surface area contributed by atoms with E-state index in [-0.39, 0.29) is 11.5 Å². The molecule has 1 aliphatic rings. The van der Waals surface area contributed by atoms with Crippen molar-refractivity contribution in [3.63, 3.8) is 0 Å². The molecule has 24 heavy (non-hydrogen) atoms. The molecule has 0 saturated carbocycles. The standard InChI is InChI=1S/C23H33N/c1-3-5-18-23(4-2)19-14-9-7-6-8-13-17-22(24-20-23)21-15-11-10-12-16-21/h8-16,20,22H,3-7,17-19H2,1-2H3/b13-8-,14-9-,24-20?. The van der Waals surface area contributed by atoms with Crippen molar-refractivity contribution in [2.45, 2.75) is 71.3 Å². The molecule has 0 aromatic heterocycles. The number of hydrogen-bond acceptors (Lipinski definition) is 1. The fourth-order valence-corrected chi connectivity index (χ4v) is 3.34. The lowest BCUT2D eigenvalue weighted by atomic mass is 9.78. The molecule has 0 bridgehead atoms. The zero-order chi connectivity index (χ0) is 17.1. The highest BCUT2D eigenvalue weighted by molar-refractivity contribution is 5.66. The van der Waals surface area contributed by atoms with Crippen LogP contribution in [0.3, 0.4) is 0 Å². The van der Waals surface area contributed by atoms with Crippen molar-refractivity contribution in [3.8, 4) is 0 Å². The number of hydrogen-bond donors (Lipinski definition) is 0. The van der Waals surface area contributed by atoms with E-state index in [1.54, 1.807) is 0 Å². The van der Waals surface area contributed by atoms with Gasteiger partial charge in [0.05, 0.1) is 6.04 Å². The molecule has 130 valence electrons. The summed E-state index contributed by atoms with van der Waals surface area (Å²) < 4.78 is 0. The van der Waals surface area contributed by atoms with Crippen molar-refractivity contribution in [1.29, 1.82) is 0 Å². The number of nitrogens with zero attached hydrogens (tertiary/aromatic N) is 1. The molecule has 2 atom stereocenters. The third-order valence-corrected chi connectivity index (χ3v) is 5.16. The molecular formula is C23H33N. The molecule has 1 nitrogen and oxygen atoms in total. The first kappa shape index (κ1) is 18.7. The summed E-state index contributed by atoms with van der Waals surface area (Å²) in [6.07, 6.45) is 21.0. The SMILES string of the molecule is CCCCC1(CC)C=NC(c2ccccc2)C/C=C\CC/C=C\C1. The second-order valence-corrected chi connectivity index (χ2v) is 6.98. The summed E-state index contributed by atoms with van der Waals surface area (Å²) in [4.78, 5) is 5.09. The van der Waals surface area contributed by atoms with Crippen molar-refractivity contribution in [2.75, 3.05) is 0 Å². The Morgan fingerprint density at radius 1 is 1.00 bits per heavy atom. The van der Waals surface area contributed by atoms with Crippen LogP contribution >= 0.6 is 0 Å². The highest BCUT2D eigenvalue weighted by Crippen LogP contribution is 2.33. The van der Waals surface area contributed by atoms with E-state index in [1.807, 2.05) is 0 Å². The second-order valence-electron chi connectivity index (χ2n) is 6.98. The van der Waals surface area contributed by atoms with Crippen LogP contribution in [0.4, 0.5) is 0 Å². The molecule has 0 aliphatic carbocycles. The van der Waals surface area contributed by atoms with E-state index in [0.717, 1.165) is 32.1 Å². The maximum Gasteiger partial charge on any atom is 0.0779 e. The lowest BCUT2D eigenvalue weighted by Crippen LogP contribution is -2.21. The van der Waals surface area contributed by atoms with Crippen LogP contribution in [0.5, 0.6) is 0 Å². The van der Waals surface area contributed by atoms with E-state index >= 15 is 0 Å². The van der Waals surface area contributed by atoms with Crippen LogP contribution in [0.15, 0.2) is 59.6 Å². The van der Waals surface area contributed by atoms with Crippen LogP contribution in [0.1, 0.15) is 76.8 Å². The highest BCUT2D eigenvalue weighted by Gasteiger charge is 2.24. The van der Waals surface area contributed by atoms with E-state index in [1.165, 1.54) is 24.8 Å². The van der Waals surface area contributed by atoms with Crippen LogP contribution in [0, 0.1) is 5.41 Å². The fourth-order valence-electron chi connectivity index (χ4n) is 3.34. The minimum absolute atomic E-state index is 0.225. The van der Waals surface area contributed by atoms with Gasteiger partial charge in [-0.1, -0.05) is 81.3 Å². The molecule has 1 aromatic rings. The Hall–Kier alpha value is -1.63. The van der Waals surface area contributed by atoms with Crippen molar-refractivity contribution >= 4 is 6.21 Å². The van der Waals surface area contributed by atoms with Gasteiger partial charge in [-0.15, -0.1) is 0 Å². The van der Waals surface area contributed by atoms with Crippen LogP contribution in [-0.2, 0) is 0 Å². The Morgan fingerprint density at radius 3 is 2.46 bits per heavy atom. The zero-order valence-corrected chi connectivity index (χ0v) is 15.5. The summed E-state index contributed by atoms with van der Waals surface area (Å²) in [6.45, 7) is 4.60. The topological polar surface area (TPSA) is 12.4 Å². The zero-order valence-electron chi connectivity index (χ0n) is 15.5. The van der Waals surface area contributed by atoms with Gasteiger partial charge in [-0.3, -0.25) is 4.99 Å². The Morgan fingerprint density at radius 2 is 1.75 bits per heavy atom. The summed E-state index contributed by atoms with van der Waals surface area (Å²) in [5.74, 6) is 0. The van der Waals surface area contributed by atoms with Crippen molar-refractivity contribution in [1.82, 2.24) is 0 Å². The lowest BCUT2D eigenvalue weighted by Gasteiger charge is -2.28. The van der Waals surface area contributed by atoms with Gasteiger partial charge in [-0.05, 0) is 44.1 Å². The quantitative estimate of drug-likeness (QED) is 0.514. The molecule has 0 saturated heterocycles. The molecule has 1 aliphatic heterocycles. The number of allylic oxidation sites excluding steroid dienone is 3. The van der Waals surface area contributed by atoms with Crippen LogP contribution in [0.2, 0.25) is 0 Å². The summed E-state index contributed by atoms with van der Waals surface area (Å²) in [5.41, 5.74) is 1.55. The number of rotatable bonds is 5. The van der Waals surface area contributed by atoms with Crippen molar-refractivity contribution in [3.05, 3.63) is 60.2 Å². The maximum absolute atomic E-state index is 5.09. The van der Waals surface area contributed by atoms with Gasteiger partial charge in [0.2, 0.25) is 0 Å². The number of unbranched alkanes of at least 4 members (excludes halogenated alkanes) is 1. The Balaban J connectivity index is 2.28. The average molecular weight is 324 g/mol. The summed E-state index contributed by atoms with van der Waals surface area (Å²) in [5, 5.41) is 0. The first-order valence-corrected chi connectivity index (χ1v) is 9.69. The van der Waals surface area contributed by atoms with E-state index in [2.05, 4.69) is 74.7 Å². The molecule has 2 unspecified atom stereocenters. The number of aliphatic imine (C=N–C) groups is 1. The van der Waals surface area contributed by atoms with E-state index in [4.69, 9.17) is 4.99 Å². The van der Waals surface area contributed by atoms with Crippen molar-refractivity contribution in [2.24, 2.45) is 10.4 Å². The van der Waals surface area contributed by atoms with Crippen LogP contribution in [-0.4, -0.2) is 6.21 Å². The molecule has 0 fully saturated rings. The predicted molar refractivity (Wildman–Crippen MR) is 107 cm³/mol. The molecule has 0 N–H and O–H groups in total. The fraction of sp³-hybridized carbons (Fsp3) is 0.522. The molecule has 2 rings (SSSR count). The van der Waals surface area contributed by atoms with Crippen molar-refractivity contribution < 1.29 is 0 Å². The van der Waals surface area contributed by atoms with Gasteiger partial charge in [0.1, 0.15) is 0 Å².